The van der Waals surface area contributed by atoms with Gasteiger partial charge < -0.3 is 0 Å². The van der Waals surface area contributed by atoms with E-state index in [9.17, 15) is 0 Å². The number of nitrogens with two attached hydrogens (primary N) is 1. The van der Waals surface area contributed by atoms with Crippen molar-refractivity contribution in [2.45, 2.75) is 19.9 Å². The highest BCUT2D eigenvalue weighted by Gasteiger charge is 2.16. The van der Waals surface area contributed by atoms with Crippen LogP contribution in [0.2, 0.25) is 0 Å². The van der Waals surface area contributed by atoms with Gasteiger partial charge in [-0.2, -0.15) is 0 Å². The van der Waals surface area contributed by atoms with Crippen molar-refractivity contribution in [1.29, 1.82) is 0 Å². The average molecular weight is 229 g/mol. The van der Waals surface area contributed by atoms with Crippen LogP contribution in [0.5, 0.6) is 0 Å². The zero-order valence-electron chi connectivity index (χ0n) is 9.88. The van der Waals surface area contributed by atoms with Gasteiger partial charge in [0, 0.05) is 18.6 Å². The average Bonchev–Trinajstić information content (AvgIpc) is 2.33. The van der Waals surface area contributed by atoms with E-state index in [1.54, 1.807) is 18.6 Å². The van der Waals surface area contributed by atoms with Gasteiger partial charge in [-0.05, 0) is 37.1 Å². The fraction of sp³-hybridized carbons (Fsp3) is 0.250. The second kappa shape index (κ2) is 4.99. The molecule has 0 saturated carbocycles. The van der Waals surface area contributed by atoms with Crippen molar-refractivity contribution in [3.8, 4) is 0 Å². The van der Waals surface area contributed by atoms with Crippen LogP contribution in [0, 0.1) is 13.8 Å². The first-order valence-electron chi connectivity index (χ1n) is 5.38. The summed E-state index contributed by atoms with van der Waals surface area (Å²) in [7, 11) is 0. The molecular formula is C12H15N5. The summed E-state index contributed by atoms with van der Waals surface area (Å²) in [5.41, 5.74) is 5.76. The summed E-state index contributed by atoms with van der Waals surface area (Å²) < 4.78 is 0. The molecule has 0 fully saturated rings. The van der Waals surface area contributed by atoms with E-state index < -0.39 is 0 Å². The van der Waals surface area contributed by atoms with E-state index in [2.05, 4.69) is 20.4 Å². The van der Waals surface area contributed by atoms with E-state index in [4.69, 9.17) is 5.84 Å². The minimum absolute atomic E-state index is 0.162. The maximum atomic E-state index is 5.62. The molecule has 0 aliphatic rings. The highest BCUT2D eigenvalue weighted by atomic mass is 15.2. The Morgan fingerprint density at radius 3 is 2.71 bits per heavy atom. The lowest BCUT2D eigenvalue weighted by Crippen LogP contribution is -2.30. The lowest BCUT2D eigenvalue weighted by Gasteiger charge is -2.17. The molecule has 17 heavy (non-hydrogen) atoms. The van der Waals surface area contributed by atoms with E-state index in [0.29, 0.717) is 0 Å². The van der Waals surface area contributed by atoms with Crippen LogP contribution in [0.4, 0.5) is 0 Å². The molecule has 3 N–H and O–H groups in total. The van der Waals surface area contributed by atoms with Crippen molar-refractivity contribution >= 4 is 0 Å². The highest BCUT2D eigenvalue weighted by molar-refractivity contribution is 5.31. The molecule has 0 aliphatic carbocycles. The van der Waals surface area contributed by atoms with Crippen LogP contribution in [-0.2, 0) is 0 Å². The first-order chi connectivity index (χ1) is 8.22. The van der Waals surface area contributed by atoms with Gasteiger partial charge >= 0.3 is 0 Å². The topological polar surface area (TPSA) is 76.7 Å². The van der Waals surface area contributed by atoms with Crippen LogP contribution in [-0.4, -0.2) is 15.0 Å². The van der Waals surface area contributed by atoms with Gasteiger partial charge in [-0.1, -0.05) is 0 Å². The molecule has 2 heterocycles. The zero-order valence-corrected chi connectivity index (χ0v) is 9.88. The Hall–Kier alpha value is -1.85. The molecule has 88 valence electrons. The predicted molar refractivity (Wildman–Crippen MR) is 64.9 cm³/mol. The first kappa shape index (κ1) is 11.6. The third-order valence-corrected chi connectivity index (χ3v) is 2.65. The summed E-state index contributed by atoms with van der Waals surface area (Å²) in [6, 6.07) is 3.64. The lowest BCUT2D eigenvalue weighted by molar-refractivity contribution is 0.611. The van der Waals surface area contributed by atoms with Crippen LogP contribution in [0.3, 0.4) is 0 Å². The standard InChI is InChI=1S/C12H15N5/c1-8-3-5-14-7-10(8)12(17-13)11-4-6-15-9(2)16-11/h3-7,12,17H,13H2,1-2H3. The fourth-order valence-electron chi connectivity index (χ4n) is 1.75. The number of hydrogen-bond donors (Lipinski definition) is 2. The predicted octanol–water partition coefficient (Wildman–Crippen LogP) is 1.04. The number of hydrazine groups is 1. The minimum atomic E-state index is -0.162. The molecule has 0 aromatic carbocycles. The molecule has 0 saturated heterocycles. The van der Waals surface area contributed by atoms with Crippen molar-refractivity contribution < 1.29 is 0 Å². The van der Waals surface area contributed by atoms with Gasteiger partial charge in [-0.25, -0.2) is 15.4 Å². The Balaban J connectivity index is 2.44. The molecule has 2 rings (SSSR count). The smallest absolute Gasteiger partial charge is 0.125 e. The summed E-state index contributed by atoms with van der Waals surface area (Å²) in [5, 5.41) is 0. The van der Waals surface area contributed by atoms with Gasteiger partial charge in [-0.3, -0.25) is 10.8 Å². The molecule has 0 radical (unpaired) electrons. The molecule has 2 aromatic rings. The Bertz CT molecular complexity index is 512. The van der Waals surface area contributed by atoms with Gasteiger partial charge in [0.05, 0.1) is 11.7 Å². The van der Waals surface area contributed by atoms with Crippen molar-refractivity contribution in [2.24, 2.45) is 5.84 Å². The number of hydrogen-bond acceptors (Lipinski definition) is 5. The number of pyridine rings is 1. The first-order valence-corrected chi connectivity index (χ1v) is 5.38. The SMILES string of the molecule is Cc1nccc(C(NN)c2cnccc2C)n1. The van der Waals surface area contributed by atoms with Crippen LogP contribution in [0.15, 0.2) is 30.7 Å². The Morgan fingerprint density at radius 2 is 2.06 bits per heavy atom. The molecule has 0 spiro atoms. The summed E-state index contributed by atoms with van der Waals surface area (Å²) in [5.74, 6) is 6.34. The Morgan fingerprint density at radius 1 is 1.24 bits per heavy atom. The third-order valence-electron chi connectivity index (χ3n) is 2.65. The molecule has 2 aromatic heterocycles. The number of aryl methyl sites for hydroxylation is 2. The normalized spacial score (nSPS) is 12.4. The van der Waals surface area contributed by atoms with Gasteiger partial charge in [0.15, 0.2) is 0 Å². The quantitative estimate of drug-likeness (QED) is 0.607. The second-order valence-electron chi connectivity index (χ2n) is 3.86. The maximum Gasteiger partial charge on any atom is 0.125 e. The summed E-state index contributed by atoms with van der Waals surface area (Å²) >= 11 is 0. The largest absolute Gasteiger partial charge is 0.271 e. The van der Waals surface area contributed by atoms with Crippen LogP contribution in [0.25, 0.3) is 0 Å². The minimum Gasteiger partial charge on any atom is -0.271 e. The van der Waals surface area contributed by atoms with Crippen LogP contribution < -0.4 is 11.3 Å². The molecular weight excluding hydrogens is 214 g/mol. The second-order valence-corrected chi connectivity index (χ2v) is 3.86. The Kier molecular flexibility index (Phi) is 3.41. The number of nitrogens with one attached hydrogen (secondary N) is 1. The van der Waals surface area contributed by atoms with Gasteiger partial charge in [0.2, 0.25) is 0 Å². The maximum absolute atomic E-state index is 5.62. The van der Waals surface area contributed by atoms with Crippen molar-refractivity contribution in [2.75, 3.05) is 0 Å². The summed E-state index contributed by atoms with van der Waals surface area (Å²) in [6.07, 6.45) is 5.29. The molecule has 5 heteroatoms. The van der Waals surface area contributed by atoms with E-state index >= 15 is 0 Å². The molecule has 0 amide bonds. The van der Waals surface area contributed by atoms with Crippen LogP contribution >= 0.6 is 0 Å². The zero-order chi connectivity index (χ0) is 12.3. The molecule has 0 bridgehead atoms. The Labute approximate surface area is 100 Å². The van der Waals surface area contributed by atoms with Gasteiger partial charge in [0.25, 0.3) is 0 Å². The van der Waals surface area contributed by atoms with E-state index in [1.807, 2.05) is 26.0 Å². The highest BCUT2D eigenvalue weighted by Crippen LogP contribution is 2.21. The summed E-state index contributed by atoms with van der Waals surface area (Å²) in [6.45, 7) is 3.88. The van der Waals surface area contributed by atoms with E-state index in [0.717, 1.165) is 22.6 Å². The third kappa shape index (κ3) is 2.46. The molecule has 1 unspecified atom stereocenters. The molecule has 5 nitrogen and oxygen atoms in total. The number of rotatable bonds is 3. The van der Waals surface area contributed by atoms with Crippen LogP contribution in [0.1, 0.15) is 28.7 Å². The van der Waals surface area contributed by atoms with Crippen molar-refractivity contribution in [3.05, 3.63) is 53.4 Å². The van der Waals surface area contributed by atoms with Gasteiger partial charge in [-0.15, -0.1) is 0 Å². The fourth-order valence-corrected chi connectivity index (χ4v) is 1.75. The lowest BCUT2D eigenvalue weighted by atomic mass is 10.0. The van der Waals surface area contributed by atoms with Crippen molar-refractivity contribution in [1.82, 2.24) is 20.4 Å². The van der Waals surface area contributed by atoms with Gasteiger partial charge in [0.1, 0.15) is 5.82 Å². The molecule has 0 aliphatic heterocycles. The van der Waals surface area contributed by atoms with E-state index in [-0.39, 0.29) is 6.04 Å². The van der Waals surface area contributed by atoms with E-state index in [1.165, 1.54) is 0 Å². The number of nitrogens with zero attached hydrogens (tertiary/aromatic N) is 3. The summed E-state index contributed by atoms with van der Waals surface area (Å²) in [4.78, 5) is 12.6. The van der Waals surface area contributed by atoms with Crippen molar-refractivity contribution in [3.63, 3.8) is 0 Å². The number of aromatic nitrogens is 3. The molecule has 1 atom stereocenters. The monoisotopic (exact) mass is 229 g/mol.